The number of halogens is 2. The molecule has 0 saturated heterocycles. The van der Waals surface area contributed by atoms with Crippen LogP contribution in [-0.2, 0) is 0 Å². The van der Waals surface area contributed by atoms with Crippen molar-refractivity contribution in [2.75, 3.05) is 0 Å². The second kappa shape index (κ2) is 3.06. The molecule has 0 bridgehead atoms. The molecular formula is C10H9ClF. The van der Waals surface area contributed by atoms with Gasteiger partial charge in [-0.15, -0.1) is 0 Å². The third-order valence-corrected chi connectivity index (χ3v) is 2.45. The molecular weight excluding hydrogens is 175 g/mol. The van der Waals surface area contributed by atoms with Crippen LogP contribution >= 0.6 is 11.6 Å². The van der Waals surface area contributed by atoms with Crippen molar-refractivity contribution in [3.8, 4) is 0 Å². The number of benzene rings is 1. The molecule has 0 N–H and O–H groups in total. The first-order chi connectivity index (χ1) is 5.75. The predicted octanol–water partition coefficient (Wildman–Crippen LogP) is 3.59. The monoisotopic (exact) mass is 183 g/mol. The highest BCUT2D eigenvalue weighted by Crippen LogP contribution is 2.36. The van der Waals surface area contributed by atoms with Crippen LogP contribution in [0.2, 0.25) is 5.02 Å². The van der Waals surface area contributed by atoms with Gasteiger partial charge in [0.15, 0.2) is 0 Å². The maximum absolute atomic E-state index is 12.9. The normalized spacial score (nSPS) is 17.5. The molecule has 0 nitrogen and oxygen atoms in total. The lowest BCUT2D eigenvalue weighted by molar-refractivity contribution is 0.570. The fourth-order valence-corrected chi connectivity index (χ4v) is 1.62. The SMILES string of the molecule is Fc1cc(Cl)cc([C]2CCC2)c1. The van der Waals surface area contributed by atoms with E-state index in [0.29, 0.717) is 5.02 Å². The molecule has 0 amide bonds. The van der Waals surface area contributed by atoms with Gasteiger partial charge in [0.05, 0.1) is 0 Å². The molecule has 12 heavy (non-hydrogen) atoms. The molecule has 1 fully saturated rings. The van der Waals surface area contributed by atoms with Crippen molar-refractivity contribution in [2.24, 2.45) is 0 Å². The minimum absolute atomic E-state index is 0.239. The van der Waals surface area contributed by atoms with Crippen molar-refractivity contribution in [2.45, 2.75) is 19.3 Å². The van der Waals surface area contributed by atoms with E-state index >= 15 is 0 Å². The first kappa shape index (κ1) is 8.06. The summed E-state index contributed by atoms with van der Waals surface area (Å²) in [6, 6.07) is 4.73. The topological polar surface area (TPSA) is 0 Å². The summed E-state index contributed by atoms with van der Waals surface area (Å²) in [5.74, 6) is 1.09. The molecule has 1 aliphatic carbocycles. The van der Waals surface area contributed by atoms with Crippen molar-refractivity contribution in [3.05, 3.63) is 40.5 Å². The number of hydrogen-bond acceptors (Lipinski definition) is 0. The fraction of sp³-hybridized carbons (Fsp3) is 0.300. The van der Waals surface area contributed by atoms with Crippen LogP contribution in [0.4, 0.5) is 4.39 Å². The van der Waals surface area contributed by atoms with E-state index in [9.17, 15) is 4.39 Å². The smallest absolute Gasteiger partial charge is 0.124 e. The highest BCUT2D eigenvalue weighted by atomic mass is 35.5. The van der Waals surface area contributed by atoms with Gasteiger partial charge in [0, 0.05) is 10.9 Å². The van der Waals surface area contributed by atoms with Crippen molar-refractivity contribution in [1.82, 2.24) is 0 Å². The summed E-state index contributed by atoms with van der Waals surface area (Å²) < 4.78 is 12.9. The van der Waals surface area contributed by atoms with Crippen LogP contribution in [0, 0.1) is 11.7 Å². The second-order valence-corrected chi connectivity index (χ2v) is 3.55. The second-order valence-electron chi connectivity index (χ2n) is 3.12. The molecule has 1 saturated carbocycles. The van der Waals surface area contributed by atoms with Gasteiger partial charge in [-0.2, -0.15) is 0 Å². The van der Waals surface area contributed by atoms with Gasteiger partial charge < -0.3 is 0 Å². The van der Waals surface area contributed by atoms with Crippen molar-refractivity contribution in [3.63, 3.8) is 0 Å². The maximum Gasteiger partial charge on any atom is 0.124 e. The van der Waals surface area contributed by atoms with Gasteiger partial charge in [0.25, 0.3) is 0 Å². The third-order valence-electron chi connectivity index (χ3n) is 2.23. The van der Waals surface area contributed by atoms with E-state index in [1.165, 1.54) is 18.4 Å². The molecule has 1 aromatic rings. The quantitative estimate of drug-likeness (QED) is 0.624. The van der Waals surface area contributed by atoms with Crippen molar-refractivity contribution >= 4 is 11.6 Å². The zero-order valence-corrected chi connectivity index (χ0v) is 7.37. The zero-order valence-electron chi connectivity index (χ0n) is 6.61. The Balaban J connectivity index is 2.30. The molecule has 63 valence electrons. The van der Waals surface area contributed by atoms with Gasteiger partial charge in [-0.1, -0.05) is 18.0 Å². The van der Waals surface area contributed by atoms with Crippen LogP contribution in [0.5, 0.6) is 0 Å². The molecule has 1 aromatic carbocycles. The van der Waals surface area contributed by atoms with Gasteiger partial charge >= 0.3 is 0 Å². The highest BCUT2D eigenvalue weighted by Gasteiger charge is 2.20. The summed E-state index contributed by atoms with van der Waals surface area (Å²) in [5.41, 5.74) is 0.978. The molecule has 0 aromatic heterocycles. The summed E-state index contributed by atoms with van der Waals surface area (Å²) >= 11 is 5.72. The summed E-state index contributed by atoms with van der Waals surface area (Å²) in [7, 11) is 0. The highest BCUT2D eigenvalue weighted by molar-refractivity contribution is 6.30. The van der Waals surface area contributed by atoms with Crippen molar-refractivity contribution in [1.29, 1.82) is 0 Å². The number of rotatable bonds is 1. The Bertz CT molecular complexity index is 272. The summed E-state index contributed by atoms with van der Waals surface area (Å²) in [6.45, 7) is 0. The average Bonchev–Trinajstić information content (AvgIpc) is 1.79. The van der Waals surface area contributed by atoms with E-state index in [0.717, 1.165) is 18.4 Å². The molecule has 2 rings (SSSR count). The van der Waals surface area contributed by atoms with Crippen molar-refractivity contribution < 1.29 is 4.39 Å². The van der Waals surface area contributed by atoms with E-state index in [2.05, 4.69) is 0 Å². The van der Waals surface area contributed by atoms with E-state index in [-0.39, 0.29) is 5.82 Å². The molecule has 0 spiro atoms. The van der Waals surface area contributed by atoms with Gasteiger partial charge in [-0.25, -0.2) is 4.39 Å². The molecule has 0 atom stereocenters. The zero-order chi connectivity index (χ0) is 8.55. The predicted molar refractivity (Wildman–Crippen MR) is 47.6 cm³/mol. The van der Waals surface area contributed by atoms with Gasteiger partial charge in [0.2, 0.25) is 0 Å². The molecule has 1 aliphatic rings. The lowest BCUT2D eigenvalue weighted by atomic mass is 9.80. The summed E-state index contributed by atoms with van der Waals surface area (Å²) in [5, 5.41) is 0.490. The van der Waals surface area contributed by atoms with Crippen LogP contribution in [0.25, 0.3) is 0 Å². The van der Waals surface area contributed by atoms with E-state index in [4.69, 9.17) is 11.6 Å². The maximum atomic E-state index is 12.9. The Labute approximate surface area is 76.4 Å². The fourth-order valence-electron chi connectivity index (χ4n) is 1.40. The first-order valence-electron chi connectivity index (χ1n) is 4.07. The minimum Gasteiger partial charge on any atom is -0.207 e. The van der Waals surface area contributed by atoms with Gasteiger partial charge in [0.1, 0.15) is 5.82 Å². The van der Waals surface area contributed by atoms with Crippen LogP contribution in [-0.4, -0.2) is 0 Å². The van der Waals surface area contributed by atoms with E-state index in [1.54, 1.807) is 6.07 Å². The third kappa shape index (κ3) is 1.46. The van der Waals surface area contributed by atoms with Gasteiger partial charge in [-0.3, -0.25) is 0 Å². The molecule has 2 heteroatoms. The number of hydrogen-bond donors (Lipinski definition) is 0. The average molecular weight is 184 g/mol. The molecule has 0 heterocycles. The Kier molecular flexibility index (Phi) is 2.05. The minimum atomic E-state index is -0.239. The lowest BCUT2D eigenvalue weighted by Gasteiger charge is -2.25. The van der Waals surface area contributed by atoms with E-state index < -0.39 is 0 Å². The Hall–Kier alpha value is -0.560. The first-order valence-corrected chi connectivity index (χ1v) is 4.45. The largest absolute Gasteiger partial charge is 0.207 e. The Morgan fingerprint density at radius 2 is 1.92 bits per heavy atom. The Morgan fingerprint density at radius 1 is 1.17 bits per heavy atom. The molecule has 1 radical (unpaired) electrons. The van der Waals surface area contributed by atoms with Crippen LogP contribution in [0.3, 0.4) is 0 Å². The van der Waals surface area contributed by atoms with Gasteiger partial charge in [-0.05, 0) is 36.6 Å². The van der Waals surface area contributed by atoms with Crippen LogP contribution < -0.4 is 0 Å². The standard InChI is InChI=1S/C10H9ClF/c11-9-4-8(5-10(12)6-9)7-2-1-3-7/h4-6H,1-3H2. The Morgan fingerprint density at radius 3 is 2.42 bits per heavy atom. The van der Waals surface area contributed by atoms with E-state index in [1.807, 2.05) is 6.07 Å². The summed E-state index contributed by atoms with van der Waals surface area (Å²) in [6.07, 6.45) is 3.42. The lowest BCUT2D eigenvalue weighted by Crippen LogP contribution is -2.09. The molecule has 0 aliphatic heterocycles. The molecule has 0 unspecified atom stereocenters. The summed E-state index contributed by atoms with van der Waals surface area (Å²) in [4.78, 5) is 0. The van der Waals surface area contributed by atoms with Crippen LogP contribution in [0.15, 0.2) is 18.2 Å². The van der Waals surface area contributed by atoms with Crippen LogP contribution in [0.1, 0.15) is 24.8 Å².